The summed E-state index contributed by atoms with van der Waals surface area (Å²) in [5.41, 5.74) is 0. The fourth-order valence-electron chi connectivity index (χ4n) is 3.03. The van der Waals surface area contributed by atoms with E-state index in [9.17, 15) is 9.59 Å². The minimum absolute atomic E-state index is 0.606. The van der Waals surface area contributed by atoms with Gasteiger partial charge >= 0.3 is 11.9 Å². The maximum atomic E-state index is 10.9. The van der Waals surface area contributed by atoms with Crippen LogP contribution in [0.4, 0.5) is 0 Å². The molecule has 0 aliphatic heterocycles. The maximum absolute atomic E-state index is 10.9. The minimum atomic E-state index is -0.953. The molecule has 0 aliphatic carbocycles. The summed E-state index contributed by atoms with van der Waals surface area (Å²) in [6.07, 6.45) is 17.8. The molecule has 0 spiro atoms. The smallest absolute Gasteiger partial charge is 0.331 e. The highest BCUT2D eigenvalue weighted by Gasteiger charge is 2.31. The van der Waals surface area contributed by atoms with Gasteiger partial charge in [0, 0.05) is 0 Å². The van der Waals surface area contributed by atoms with Gasteiger partial charge in [-0.25, -0.2) is 9.59 Å². The molecule has 8 heteroatoms. The van der Waals surface area contributed by atoms with Crippen molar-refractivity contribution in [1.82, 2.24) is 0 Å². The van der Waals surface area contributed by atoms with E-state index < -0.39 is 18.4 Å². The Balaban J connectivity index is 3.28. The number of carboxylic acid groups (broad SMARTS) is 2. The Kier molecular flexibility index (Phi) is 17.0. The van der Waals surface area contributed by atoms with Crippen molar-refractivity contribution < 1.29 is 19.8 Å². The van der Waals surface area contributed by atoms with E-state index in [0.29, 0.717) is 12.8 Å². The highest BCUT2D eigenvalue weighted by atomic mass is 79.9. The second-order valence-electron chi connectivity index (χ2n) is 7.47. The largest absolute Gasteiger partial charge is 0.480 e. The van der Waals surface area contributed by atoms with Gasteiger partial charge in [0.1, 0.15) is 0 Å². The summed E-state index contributed by atoms with van der Waals surface area (Å²) in [6.45, 7) is 0. The lowest BCUT2D eigenvalue weighted by Crippen LogP contribution is -2.23. The Labute approximate surface area is 203 Å². The maximum Gasteiger partial charge on any atom is 0.331 e. The molecule has 0 rings (SSSR count). The topological polar surface area (TPSA) is 74.6 Å². The molecule has 0 unspecified atom stereocenters. The van der Waals surface area contributed by atoms with Crippen LogP contribution in [-0.2, 0) is 9.59 Å². The number of unbranched alkanes of at least 4 members (excludes halogenated alkanes) is 13. The van der Waals surface area contributed by atoms with Crippen LogP contribution in [0.15, 0.2) is 0 Å². The normalized spacial score (nSPS) is 12.3. The summed E-state index contributed by atoms with van der Waals surface area (Å²) in [6, 6.07) is 0. The van der Waals surface area contributed by atoms with Gasteiger partial charge in [0.15, 0.2) is 6.47 Å². The molecule has 0 aliphatic rings. The van der Waals surface area contributed by atoms with E-state index in [-0.39, 0.29) is 0 Å². The predicted molar refractivity (Wildman–Crippen MR) is 130 cm³/mol. The molecule has 0 heterocycles. The molecule has 0 saturated carbocycles. The second-order valence-corrected chi connectivity index (χ2v) is 15.0. The monoisotopic (exact) mass is 654 g/mol. The van der Waals surface area contributed by atoms with Crippen LogP contribution in [0.3, 0.4) is 0 Å². The van der Waals surface area contributed by atoms with Crippen molar-refractivity contribution in [1.29, 1.82) is 0 Å². The van der Waals surface area contributed by atoms with Gasteiger partial charge in [-0.05, 0) is 12.8 Å². The number of carboxylic acids is 2. The zero-order valence-corrected chi connectivity index (χ0v) is 22.9. The van der Waals surface area contributed by atoms with E-state index in [1.807, 2.05) is 0 Å². The number of alkyl halides is 4. The van der Waals surface area contributed by atoms with Crippen molar-refractivity contribution in [3.63, 3.8) is 0 Å². The lowest BCUT2D eigenvalue weighted by atomic mass is 10.0. The van der Waals surface area contributed by atoms with Crippen molar-refractivity contribution in [2.45, 2.75) is 109 Å². The van der Waals surface area contributed by atoms with Crippen LogP contribution in [0.1, 0.15) is 103 Å². The van der Waals surface area contributed by atoms with Crippen molar-refractivity contribution in [2.24, 2.45) is 0 Å². The Hall–Kier alpha value is 0.860. The molecule has 166 valence electrons. The molecule has 0 atom stereocenters. The first-order valence-corrected chi connectivity index (χ1v) is 13.5. The molecular weight excluding hydrogens is 624 g/mol. The quantitative estimate of drug-likeness (QED) is 0.108. The molecule has 0 saturated heterocycles. The zero-order valence-electron chi connectivity index (χ0n) is 16.5. The Morgan fingerprint density at radius 1 is 0.464 bits per heavy atom. The summed E-state index contributed by atoms with van der Waals surface area (Å²) in [5.74, 6) is -1.71. The molecule has 0 fully saturated rings. The van der Waals surface area contributed by atoms with E-state index in [1.54, 1.807) is 0 Å². The van der Waals surface area contributed by atoms with Crippen LogP contribution in [0.25, 0.3) is 0 Å². The molecule has 0 aromatic rings. The summed E-state index contributed by atoms with van der Waals surface area (Å²) in [5, 5.41) is 18.0. The Morgan fingerprint density at radius 2 is 0.643 bits per heavy atom. The third-order valence-corrected chi connectivity index (χ3v) is 7.80. The van der Waals surface area contributed by atoms with E-state index in [2.05, 4.69) is 63.7 Å². The summed E-state index contributed by atoms with van der Waals surface area (Å²) < 4.78 is -1.91. The van der Waals surface area contributed by atoms with Crippen LogP contribution in [0, 0.1) is 0 Å². The van der Waals surface area contributed by atoms with Crippen LogP contribution in [0.2, 0.25) is 0 Å². The van der Waals surface area contributed by atoms with Crippen LogP contribution in [0.5, 0.6) is 0 Å². The second kappa shape index (κ2) is 16.5. The molecule has 4 nitrogen and oxygen atoms in total. The molecule has 2 N–H and O–H groups in total. The number of rotatable bonds is 19. The van der Waals surface area contributed by atoms with Gasteiger partial charge in [0.25, 0.3) is 0 Å². The van der Waals surface area contributed by atoms with Gasteiger partial charge in [-0.3, -0.25) is 0 Å². The van der Waals surface area contributed by atoms with Crippen LogP contribution >= 0.6 is 63.7 Å². The Bertz CT molecular complexity index is 402. The molecule has 0 bridgehead atoms. The van der Waals surface area contributed by atoms with Gasteiger partial charge in [-0.1, -0.05) is 154 Å². The van der Waals surface area contributed by atoms with Crippen molar-refractivity contribution in [3.05, 3.63) is 0 Å². The summed E-state index contributed by atoms with van der Waals surface area (Å²) >= 11 is 12.8. The number of hydrogen-bond acceptors (Lipinski definition) is 2. The fraction of sp³-hybridized carbons (Fsp3) is 0.900. The van der Waals surface area contributed by atoms with Crippen molar-refractivity contribution in [3.8, 4) is 0 Å². The molecular formula is C20H34Br4O4. The molecule has 0 radical (unpaired) electrons. The SMILES string of the molecule is O=C(O)C(Br)(Br)CCCCCCCCCCCCCCCCC(Br)(Br)C(=O)O. The number of halogens is 4. The molecule has 0 aromatic carbocycles. The summed E-state index contributed by atoms with van der Waals surface area (Å²) in [4.78, 5) is 21.9. The van der Waals surface area contributed by atoms with E-state index in [4.69, 9.17) is 10.2 Å². The average molecular weight is 658 g/mol. The number of hydrogen-bond donors (Lipinski definition) is 2. The van der Waals surface area contributed by atoms with E-state index in [0.717, 1.165) is 25.7 Å². The van der Waals surface area contributed by atoms with Gasteiger partial charge < -0.3 is 10.2 Å². The first kappa shape index (κ1) is 28.9. The standard InChI is InChI=1S/C20H34Br4O4/c21-19(22,17(25)26)15-13-11-9-7-5-3-1-2-4-6-8-10-12-14-16-20(23,24)18(27)28/h1-16H2,(H,25,26)(H,27,28). The number of aliphatic carboxylic acids is 2. The third-order valence-electron chi connectivity index (χ3n) is 4.86. The summed E-state index contributed by atoms with van der Waals surface area (Å²) in [7, 11) is 0. The lowest BCUT2D eigenvalue weighted by Gasteiger charge is -2.14. The van der Waals surface area contributed by atoms with Crippen molar-refractivity contribution in [2.75, 3.05) is 0 Å². The van der Waals surface area contributed by atoms with Crippen LogP contribution in [-0.4, -0.2) is 28.6 Å². The van der Waals surface area contributed by atoms with E-state index in [1.165, 1.54) is 64.2 Å². The Morgan fingerprint density at radius 3 is 0.821 bits per heavy atom. The highest BCUT2D eigenvalue weighted by Crippen LogP contribution is 2.33. The van der Waals surface area contributed by atoms with Gasteiger partial charge in [0.05, 0.1) is 0 Å². The van der Waals surface area contributed by atoms with Gasteiger partial charge in [-0.15, -0.1) is 0 Å². The van der Waals surface area contributed by atoms with Gasteiger partial charge in [0.2, 0.25) is 0 Å². The average Bonchev–Trinajstić information content (AvgIpc) is 2.60. The number of carbonyl (C=O) groups is 2. The van der Waals surface area contributed by atoms with Crippen molar-refractivity contribution >= 4 is 75.7 Å². The molecule has 28 heavy (non-hydrogen) atoms. The first-order valence-electron chi connectivity index (χ1n) is 10.3. The van der Waals surface area contributed by atoms with Crippen LogP contribution < -0.4 is 0 Å². The zero-order chi connectivity index (χ0) is 21.5. The third kappa shape index (κ3) is 15.7. The predicted octanol–water partition coefficient (Wildman–Crippen LogP) is 8.37. The van der Waals surface area contributed by atoms with Gasteiger partial charge in [-0.2, -0.15) is 0 Å². The lowest BCUT2D eigenvalue weighted by molar-refractivity contribution is -0.138. The van der Waals surface area contributed by atoms with E-state index >= 15 is 0 Å². The fourth-order valence-corrected chi connectivity index (χ4v) is 4.15. The first-order chi connectivity index (χ1) is 13.1. The molecule has 0 amide bonds. The highest BCUT2D eigenvalue weighted by molar-refractivity contribution is 9.26. The molecule has 0 aromatic heterocycles. The minimum Gasteiger partial charge on any atom is -0.480 e.